The van der Waals surface area contributed by atoms with Gasteiger partial charge in [-0.05, 0) is 97.8 Å². The lowest BCUT2D eigenvalue weighted by Crippen LogP contribution is -2.35. The first-order valence-corrected chi connectivity index (χ1v) is 13.5. The number of carbonyl (C=O) groups is 4. The molecule has 1 fully saturated rings. The molecule has 0 saturated carbocycles. The maximum atomic E-state index is 13.0. The smallest absolute Gasteiger partial charge is 0.354 e. The zero-order valence-corrected chi connectivity index (χ0v) is 22.9. The Labute approximate surface area is 242 Å². The van der Waals surface area contributed by atoms with Gasteiger partial charge >= 0.3 is 5.97 Å². The molecular weight excluding hydrogens is 536 g/mol. The molecule has 0 bridgehead atoms. The first kappa shape index (κ1) is 28.3. The van der Waals surface area contributed by atoms with Crippen LogP contribution in [0.15, 0.2) is 84.9 Å². The Hall–Kier alpha value is -5.22. The third-order valence-electron chi connectivity index (χ3n) is 7.10. The van der Waals surface area contributed by atoms with Crippen molar-refractivity contribution in [3.8, 4) is 0 Å². The van der Waals surface area contributed by atoms with Gasteiger partial charge in [-0.2, -0.15) is 0 Å². The number of aromatic amines is 1. The summed E-state index contributed by atoms with van der Waals surface area (Å²) < 4.78 is 4.63. The molecule has 214 valence electrons. The van der Waals surface area contributed by atoms with Crippen LogP contribution in [0.5, 0.6) is 0 Å². The van der Waals surface area contributed by atoms with Gasteiger partial charge in [0, 0.05) is 46.8 Å². The highest BCUT2D eigenvalue weighted by Gasteiger charge is 2.18. The number of aromatic nitrogens is 1. The number of nitrogens with one attached hydrogen (secondary N) is 3. The van der Waals surface area contributed by atoms with Crippen molar-refractivity contribution in [1.29, 1.82) is 0 Å². The molecule has 1 aromatic heterocycles. The second-order valence-corrected chi connectivity index (χ2v) is 9.93. The van der Waals surface area contributed by atoms with E-state index in [-0.39, 0.29) is 29.2 Å². The van der Waals surface area contributed by atoms with E-state index in [1.807, 2.05) is 12.1 Å². The van der Waals surface area contributed by atoms with E-state index in [1.165, 1.54) is 19.2 Å². The van der Waals surface area contributed by atoms with Gasteiger partial charge < -0.3 is 30.4 Å². The van der Waals surface area contributed by atoms with Gasteiger partial charge in [0.25, 0.3) is 11.8 Å². The van der Waals surface area contributed by atoms with Gasteiger partial charge in [0.15, 0.2) is 5.78 Å². The first-order chi connectivity index (χ1) is 20.3. The van der Waals surface area contributed by atoms with Crippen molar-refractivity contribution in [3.63, 3.8) is 0 Å². The Bertz CT molecular complexity index is 1590. The monoisotopic (exact) mass is 566 g/mol. The lowest BCUT2D eigenvalue weighted by molar-refractivity contribution is 0.0594. The number of esters is 1. The molecule has 2 amide bonds. The second kappa shape index (κ2) is 12.5. The summed E-state index contributed by atoms with van der Waals surface area (Å²) in [4.78, 5) is 54.7. The van der Waals surface area contributed by atoms with Gasteiger partial charge in [-0.3, -0.25) is 14.4 Å². The summed E-state index contributed by atoms with van der Waals surface area (Å²) in [5.74, 6) is -1.49. The maximum Gasteiger partial charge on any atom is 0.354 e. The topological polar surface area (TPSA) is 141 Å². The fourth-order valence-electron chi connectivity index (χ4n) is 4.68. The van der Waals surface area contributed by atoms with Crippen LogP contribution in [-0.2, 0) is 4.74 Å². The second-order valence-electron chi connectivity index (χ2n) is 9.93. The molecule has 0 atom stereocenters. The molecule has 2 heterocycles. The number of rotatable bonds is 8. The maximum absolute atomic E-state index is 13.0. The van der Waals surface area contributed by atoms with Crippen LogP contribution in [0, 0.1) is 0 Å². The molecule has 5 rings (SSSR count). The molecule has 10 nitrogen and oxygen atoms in total. The zero-order chi connectivity index (χ0) is 29.6. The lowest BCUT2D eigenvalue weighted by atomic mass is 10.0. The zero-order valence-electron chi connectivity index (χ0n) is 22.9. The van der Waals surface area contributed by atoms with Gasteiger partial charge in [-0.15, -0.1) is 0 Å². The average Bonchev–Trinajstić information content (AvgIpc) is 3.52. The fraction of sp³-hybridized carbons (Fsp3) is 0.188. The van der Waals surface area contributed by atoms with E-state index in [4.69, 9.17) is 0 Å². The molecule has 0 unspecified atom stereocenters. The van der Waals surface area contributed by atoms with Gasteiger partial charge in [0.2, 0.25) is 0 Å². The number of piperidine rings is 1. The highest BCUT2D eigenvalue weighted by Crippen LogP contribution is 2.22. The molecule has 1 saturated heterocycles. The highest BCUT2D eigenvalue weighted by atomic mass is 16.5. The molecule has 0 radical (unpaired) electrons. The summed E-state index contributed by atoms with van der Waals surface area (Å²) in [6.07, 6.45) is 1.23. The van der Waals surface area contributed by atoms with Crippen molar-refractivity contribution in [1.82, 2.24) is 4.98 Å². The minimum Gasteiger partial charge on any atom is -0.464 e. The summed E-state index contributed by atoms with van der Waals surface area (Å²) in [6.45, 7) is 1.57. The number of H-pyrrole nitrogens is 1. The Morgan fingerprint density at radius 3 is 1.76 bits per heavy atom. The van der Waals surface area contributed by atoms with Gasteiger partial charge in [0.05, 0.1) is 13.2 Å². The summed E-state index contributed by atoms with van der Waals surface area (Å²) in [5, 5.41) is 15.3. The molecular formula is C32H30N4O6. The molecule has 42 heavy (non-hydrogen) atoms. The van der Waals surface area contributed by atoms with Crippen LogP contribution in [-0.4, -0.2) is 60.0 Å². The molecule has 4 N–H and O–H groups in total. The van der Waals surface area contributed by atoms with Gasteiger partial charge in [-0.25, -0.2) is 4.79 Å². The van der Waals surface area contributed by atoms with Crippen LogP contribution < -0.4 is 15.5 Å². The number of hydrogen-bond donors (Lipinski definition) is 4. The van der Waals surface area contributed by atoms with Crippen molar-refractivity contribution in [3.05, 3.63) is 113 Å². The van der Waals surface area contributed by atoms with Crippen LogP contribution in [0.2, 0.25) is 0 Å². The van der Waals surface area contributed by atoms with Gasteiger partial charge in [0.1, 0.15) is 11.4 Å². The average molecular weight is 567 g/mol. The molecule has 1 aliphatic rings. The summed E-state index contributed by atoms with van der Waals surface area (Å²) >= 11 is 0. The number of ketones is 1. The highest BCUT2D eigenvalue weighted by molar-refractivity contribution is 6.10. The number of benzene rings is 3. The molecule has 0 spiro atoms. The summed E-state index contributed by atoms with van der Waals surface area (Å²) in [6, 6.07) is 23.4. The van der Waals surface area contributed by atoms with E-state index in [0.29, 0.717) is 28.1 Å². The lowest BCUT2D eigenvalue weighted by Gasteiger charge is -2.31. The number of hydrogen-bond acceptors (Lipinski definition) is 7. The quantitative estimate of drug-likeness (QED) is 0.182. The van der Waals surface area contributed by atoms with E-state index in [0.717, 1.165) is 31.6 Å². The Morgan fingerprint density at radius 1 is 0.714 bits per heavy atom. The number of ether oxygens (including phenoxy) is 1. The van der Waals surface area contributed by atoms with Crippen molar-refractivity contribution in [2.24, 2.45) is 0 Å². The van der Waals surface area contributed by atoms with E-state index in [2.05, 4.69) is 25.3 Å². The van der Waals surface area contributed by atoms with Crippen LogP contribution in [0.25, 0.3) is 0 Å². The Balaban J connectivity index is 1.15. The van der Waals surface area contributed by atoms with Crippen molar-refractivity contribution in [2.75, 3.05) is 35.7 Å². The van der Waals surface area contributed by atoms with E-state index < -0.39 is 11.9 Å². The standard InChI is InChI=1S/C32H30N4O6/c1-42-32(41)28-15-14-27(35-28)31(40)34-24-10-4-21(5-11-24)29(38)20-2-8-23(9-3-20)33-30(39)22-6-12-25(13-7-22)36-18-16-26(37)17-19-36/h2-15,26,35,37H,16-19H2,1H3,(H,33,39)(H,34,40). The number of aliphatic hydroxyl groups is 1. The third-order valence-corrected chi connectivity index (χ3v) is 7.10. The summed E-state index contributed by atoms with van der Waals surface area (Å²) in [5.41, 5.74) is 3.81. The number of nitrogens with zero attached hydrogens (tertiary/aromatic N) is 1. The molecule has 0 aliphatic carbocycles. The molecule has 1 aliphatic heterocycles. The van der Waals surface area contributed by atoms with Crippen molar-refractivity contribution in [2.45, 2.75) is 18.9 Å². The predicted octanol–water partition coefficient (Wildman–Crippen LogP) is 4.50. The number of methoxy groups -OCH3 is 1. The number of carbonyl (C=O) groups excluding carboxylic acids is 4. The minimum atomic E-state index is -0.575. The SMILES string of the molecule is COC(=O)c1ccc(C(=O)Nc2ccc(C(=O)c3ccc(NC(=O)c4ccc(N5CCC(O)CC5)cc4)cc3)cc2)[nH]1. The predicted molar refractivity (Wildman–Crippen MR) is 158 cm³/mol. The van der Waals surface area contributed by atoms with E-state index in [9.17, 15) is 24.3 Å². The van der Waals surface area contributed by atoms with Gasteiger partial charge in [-0.1, -0.05) is 0 Å². The Kier molecular flexibility index (Phi) is 8.44. The minimum absolute atomic E-state index is 0.166. The number of amides is 2. The van der Waals surface area contributed by atoms with Crippen LogP contribution in [0.1, 0.15) is 60.1 Å². The first-order valence-electron chi connectivity index (χ1n) is 13.5. The molecule has 3 aromatic carbocycles. The normalized spacial score (nSPS) is 13.3. The van der Waals surface area contributed by atoms with Crippen LogP contribution in [0.4, 0.5) is 17.1 Å². The van der Waals surface area contributed by atoms with Crippen LogP contribution >= 0.6 is 0 Å². The van der Waals surface area contributed by atoms with E-state index in [1.54, 1.807) is 60.7 Å². The third kappa shape index (κ3) is 6.56. The van der Waals surface area contributed by atoms with Crippen molar-refractivity contribution >= 4 is 40.6 Å². The largest absolute Gasteiger partial charge is 0.464 e. The van der Waals surface area contributed by atoms with Crippen molar-refractivity contribution < 1.29 is 29.0 Å². The summed E-state index contributed by atoms with van der Waals surface area (Å²) in [7, 11) is 1.25. The van der Waals surface area contributed by atoms with Crippen LogP contribution in [0.3, 0.4) is 0 Å². The molecule has 10 heteroatoms. The number of aliphatic hydroxyl groups excluding tert-OH is 1. The Morgan fingerprint density at radius 2 is 1.21 bits per heavy atom. The number of anilines is 3. The fourth-order valence-corrected chi connectivity index (χ4v) is 4.68. The van der Waals surface area contributed by atoms with E-state index >= 15 is 0 Å². The molecule has 4 aromatic rings.